The molecule has 3 rings (SSSR count). The van der Waals surface area contributed by atoms with Crippen LogP contribution in [0.4, 0.5) is 19.4 Å². The Hall–Kier alpha value is -3.59. The summed E-state index contributed by atoms with van der Waals surface area (Å²) in [6.45, 7) is 5.31. The molecule has 2 amide bonds. The van der Waals surface area contributed by atoms with E-state index in [2.05, 4.69) is 15.9 Å². The van der Waals surface area contributed by atoms with Crippen molar-refractivity contribution in [2.45, 2.75) is 59.2 Å². The first kappa shape index (κ1) is 39.8. The number of aromatic nitrogens is 1. The second-order valence-electron chi connectivity index (χ2n) is 10.1. The average molecular weight is 729 g/mol. The number of nitrogens with one attached hydrogen (secondary N) is 2. The highest BCUT2D eigenvalue weighted by Crippen LogP contribution is 2.51. The van der Waals surface area contributed by atoms with E-state index >= 15 is 0 Å². The number of hydrogen-bond donors (Lipinski definition) is 2. The van der Waals surface area contributed by atoms with Gasteiger partial charge < -0.3 is 14.2 Å². The van der Waals surface area contributed by atoms with Crippen molar-refractivity contribution < 1.29 is 55.2 Å². The molecule has 2 N–H and O–H groups in total. The van der Waals surface area contributed by atoms with E-state index in [-0.39, 0.29) is 50.6 Å². The van der Waals surface area contributed by atoms with Gasteiger partial charge in [0.25, 0.3) is 0 Å². The first-order valence-corrected chi connectivity index (χ1v) is 18.1. The molecular weight excluding hydrogens is 688 g/mol. The zero-order valence-electron chi connectivity index (χ0n) is 27.5. The number of carbonyl (C=O) groups is 2. The molecule has 268 valence electrons. The van der Waals surface area contributed by atoms with E-state index in [0.717, 1.165) is 16.6 Å². The number of hydrazine groups is 1. The number of benzene rings is 2. The molecule has 0 aliphatic carbocycles. The highest BCUT2D eigenvalue weighted by atomic mass is 31.2. The summed E-state index contributed by atoms with van der Waals surface area (Å²) in [7, 11) is -6.39. The SMILES string of the molecule is CCO/[P+]([O-])=C/CC(CC(COC(=O)Nc1cc(-c2ccccc2)on1)N(NCc1cccc(F)c1F)C(C)=O)OP(=O)(OCC)OCC. The fraction of sp³-hybridized carbons (Fsp3) is 0.419. The smallest absolute Gasteiger partial charge is 0.475 e. The highest BCUT2D eigenvalue weighted by Gasteiger charge is 2.34. The van der Waals surface area contributed by atoms with Crippen molar-refractivity contribution in [3.63, 3.8) is 0 Å². The maximum atomic E-state index is 14.5. The highest BCUT2D eigenvalue weighted by molar-refractivity contribution is 7.48. The van der Waals surface area contributed by atoms with Crippen LogP contribution in [0.5, 0.6) is 0 Å². The summed E-state index contributed by atoms with van der Waals surface area (Å²) in [6.07, 6.45) is -2.38. The molecule has 1 heterocycles. The molecule has 0 fully saturated rings. The van der Waals surface area contributed by atoms with Crippen LogP contribution in [0.1, 0.15) is 46.1 Å². The Labute approximate surface area is 284 Å². The second kappa shape index (κ2) is 20.2. The molecule has 14 nitrogen and oxygen atoms in total. The van der Waals surface area contributed by atoms with Gasteiger partial charge in [0, 0.05) is 37.1 Å². The van der Waals surface area contributed by atoms with Gasteiger partial charge >= 0.3 is 13.9 Å². The lowest BCUT2D eigenvalue weighted by molar-refractivity contribution is -0.171. The average Bonchev–Trinajstić information content (AvgIpc) is 3.53. The first-order valence-electron chi connectivity index (χ1n) is 15.4. The van der Waals surface area contributed by atoms with Crippen molar-refractivity contribution in [3.05, 3.63) is 71.8 Å². The van der Waals surface area contributed by atoms with Gasteiger partial charge in [-0.3, -0.25) is 28.7 Å². The number of halogens is 2. The number of nitrogens with zero attached hydrogens (tertiary/aromatic N) is 2. The van der Waals surface area contributed by atoms with Gasteiger partial charge in [0.2, 0.25) is 13.9 Å². The van der Waals surface area contributed by atoms with Crippen LogP contribution in [-0.2, 0) is 38.7 Å². The minimum atomic E-state index is -4.15. The third-order valence-electron chi connectivity index (χ3n) is 6.54. The van der Waals surface area contributed by atoms with Gasteiger partial charge in [-0.05, 0) is 33.3 Å². The molecule has 2 aromatic carbocycles. The van der Waals surface area contributed by atoms with E-state index in [9.17, 15) is 27.8 Å². The van der Waals surface area contributed by atoms with Crippen LogP contribution in [0.15, 0.2) is 59.1 Å². The van der Waals surface area contributed by atoms with Crippen LogP contribution >= 0.6 is 15.8 Å². The van der Waals surface area contributed by atoms with E-state index in [1.807, 2.05) is 18.2 Å². The normalized spacial score (nSPS) is 13.2. The topological polar surface area (TPSA) is 174 Å². The van der Waals surface area contributed by atoms with Crippen LogP contribution < -0.4 is 15.6 Å². The molecule has 3 aromatic rings. The molecule has 0 aliphatic heterocycles. The van der Waals surface area contributed by atoms with Gasteiger partial charge in [-0.2, -0.15) is 4.52 Å². The number of carbonyl (C=O) groups excluding carboxylic acids is 2. The third kappa shape index (κ3) is 13.0. The zero-order valence-corrected chi connectivity index (χ0v) is 29.3. The summed E-state index contributed by atoms with van der Waals surface area (Å²) in [5, 5.41) is 7.32. The monoisotopic (exact) mass is 728 g/mol. The molecule has 3 atom stereocenters. The largest absolute Gasteiger partial charge is 0.603 e. The number of hydrogen-bond acceptors (Lipinski definition) is 12. The summed E-state index contributed by atoms with van der Waals surface area (Å²) in [5.41, 5.74) is 3.40. The molecule has 0 radical (unpaired) electrons. The van der Waals surface area contributed by atoms with Crippen LogP contribution in [-0.4, -0.2) is 66.5 Å². The molecular formula is C31H40F2N4O10P2. The fourth-order valence-corrected chi connectivity index (χ4v) is 6.59. The number of amides is 2. The standard InChI is InChI=1S/C31H40F2N4O10P2/c1-5-43-48(40)17-16-26(47-49(41,44-6-2)45-7-3)18-25(37(22(4)38)34-20-24-14-11-15-27(32)30(24)33)21-42-31(39)35-29-19-28(46-36-29)23-12-9-8-10-13-23/h8-15,17,19,25-26,34H,5-7,16,18,20-21H2,1-4H3,(H,35,36,39). The lowest BCUT2D eigenvalue weighted by atomic mass is 10.1. The Kier molecular flexibility index (Phi) is 16.4. The number of phosphoric ester groups is 1. The Morgan fingerprint density at radius 1 is 1.08 bits per heavy atom. The molecule has 18 heteroatoms. The van der Waals surface area contributed by atoms with Crippen molar-refractivity contribution >= 4 is 39.4 Å². The third-order valence-corrected chi connectivity index (χ3v) is 9.27. The van der Waals surface area contributed by atoms with Crippen molar-refractivity contribution in [2.24, 2.45) is 0 Å². The van der Waals surface area contributed by atoms with Crippen LogP contribution in [0, 0.1) is 11.6 Å². The number of anilines is 1. The van der Waals surface area contributed by atoms with Crippen LogP contribution in [0.2, 0.25) is 0 Å². The van der Waals surface area contributed by atoms with Crippen molar-refractivity contribution in [3.8, 4) is 11.3 Å². The maximum Gasteiger partial charge on any atom is 0.475 e. The van der Waals surface area contributed by atoms with Crippen molar-refractivity contribution in [1.82, 2.24) is 15.6 Å². The summed E-state index contributed by atoms with van der Waals surface area (Å²) in [6, 6.07) is 13.0. The Morgan fingerprint density at radius 3 is 2.45 bits per heavy atom. The molecule has 49 heavy (non-hydrogen) atoms. The number of phosphoric acid groups is 1. The lowest BCUT2D eigenvalue weighted by Crippen LogP contribution is -2.52. The minimum Gasteiger partial charge on any atom is -0.603 e. The molecule has 0 aliphatic rings. The summed E-state index contributed by atoms with van der Waals surface area (Å²) in [5.74, 6) is -1.05. The molecule has 1 aromatic heterocycles. The molecule has 0 saturated heterocycles. The van der Waals surface area contributed by atoms with Gasteiger partial charge in [0.05, 0.1) is 32.0 Å². The maximum absolute atomic E-state index is 14.5. The van der Waals surface area contributed by atoms with Gasteiger partial charge in [-0.25, -0.2) is 23.6 Å². The van der Waals surface area contributed by atoms with E-state index < -0.39 is 58.2 Å². The van der Waals surface area contributed by atoms with Gasteiger partial charge in [0.15, 0.2) is 23.2 Å². The number of ether oxygens (including phenoxy) is 1. The first-order chi connectivity index (χ1) is 23.5. The van der Waals surface area contributed by atoms with Gasteiger partial charge in [0.1, 0.15) is 12.4 Å². The molecule has 3 unspecified atom stereocenters. The van der Waals surface area contributed by atoms with Gasteiger partial charge in [-0.1, -0.05) is 47.6 Å². The summed E-state index contributed by atoms with van der Waals surface area (Å²) in [4.78, 5) is 38.2. The Bertz CT molecular complexity index is 1570. The van der Waals surface area contributed by atoms with Crippen molar-refractivity contribution in [2.75, 3.05) is 31.7 Å². The van der Waals surface area contributed by atoms with E-state index in [4.69, 9.17) is 27.4 Å². The minimum absolute atomic E-state index is 0.0258. The quantitative estimate of drug-likeness (QED) is 0.104. The van der Waals surface area contributed by atoms with Crippen LogP contribution in [0.25, 0.3) is 11.3 Å². The summed E-state index contributed by atoms with van der Waals surface area (Å²) >= 11 is 0. The second-order valence-corrected chi connectivity index (χ2v) is 12.9. The molecule has 0 bridgehead atoms. The summed E-state index contributed by atoms with van der Waals surface area (Å²) < 4.78 is 74.0. The molecule has 0 spiro atoms. The Morgan fingerprint density at radius 2 is 1.80 bits per heavy atom. The predicted molar refractivity (Wildman–Crippen MR) is 176 cm³/mol. The number of rotatable bonds is 20. The zero-order chi connectivity index (χ0) is 35.8. The van der Waals surface area contributed by atoms with Gasteiger partial charge in [-0.15, -0.1) is 0 Å². The van der Waals surface area contributed by atoms with E-state index in [0.29, 0.717) is 5.76 Å². The van der Waals surface area contributed by atoms with Crippen molar-refractivity contribution in [1.29, 1.82) is 0 Å². The molecule has 0 saturated carbocycles. The fourth-order valence-electron chi connectivity index (χ4n) is 4.45. The lowest BCUT2D eigenvalue weighted by Gasteiger charge is -2.33. The predicted octanol–water partition coefficient (Wildman–Crippen LogP) is 5.95. The Balaban J connectivity index is 1.88. The van der Waals surface area contributed by atoms with E-state index in [1.54, 1.807) is 32.9 Å². The van der Waals surface area contributed by atoms with E-state index in [1.165, 1.54) is 30.9 Å². The van der Waals surface area contributed by atoms with Crippen LogP contribution in [0.3, 0.4) is 0 Å².